The Morgan fingerprint density at radius 1 is 0.220 bits per heavy atom. The van der Waals surface area contributed by atoms with Gasteiger partial charge in [0.25, 0.3) is 0 Å². The van der Waals surface area contributed by atoms with Gasteiger partial charge in [0.15, 0.2) is 12.2 Å². The van der Waals surface area contributed by atoms with Crippen LogP contribution in [0.3, 0.4) is 0 Å². The van der Waals surface area contributed by atoms with E-state index in [0.717, 1.165) is 89.9 Å². The first-order valence-electron chi connectivity index (χ1n) is 46.8. The van der Waals surface area contributed by atoms with Gasteiger partial charge in [-0.05, 0) is 25.7 Å². The lowest BCUT2D eigenvalue weighted by Crippen LogP contribution is -2.30. The summed E-state index contributed by atoms with van der Waals surface area (Å²) in [5.74, 6) is -2.09. The van der Waals surface area contributed by atoms with Crippen LogP contribution in [0.1, 0.15) is 496 Å². The van der Waals surface area contributed by atoms with Crippen LogP contribution >= 0.6 is 15.6 Å². The quantitative estimate of drug-likeness (QED) is 0.0222. The number of hydrogen-bond donors (Lipinski definition) is 3. The van der Waals surface area contributed by atoms with Gasteiger partial charge < -0.3 is 33.8 Å². The van der Waals surface area contributed by atoms with Crippen LogP contribution in [-0.2, 0) is 65.4 Å². The number of phosphoric acid groups is 2. The zero-order valence-corrected chi connectivity index (χ0v) is 73.3. The summed E-state index contributed by atoms with van der Waals surface area (Å²) < 4.78 is 69.0. The molecule has 0 aromatic carbocycles. The van der Waals surface area contributed by atoms with E-state index in [1.807, 2.05) is 0 Å². The number of rotatable bonds is 91. The molecule has 5 atom stereocenters. The SMILES string of the molecule is CCCCCCCCCCCCCCCCCCCCCCCC(=O)O[C@H](COC(=O)CCCCCCCCCCCCCCCCCCCCCC)COP(=O)(O)OC[C@@H](O)COP(=O)(O)OC[C@@H](COC(=O)CCCCCCCCCCCC)OC(=O)CCCCCCCCCCCCCCCCCCCC. The Hall–Kier alpha value is -1.94. The topological polar surface area (TPSA) is 237 Å². The fraction of sp³-hybridized carbons (Fsp3) is 0.956. The second-order valence-electron chi connectivity index (χ2n) is 32.3. The highest BCUT2D eigenvalue weighted by atomic mass is 31.2. The minimum atomic E-state index is -4.97. The summed E-state index contributed by atoms with van der Waals surface area (Å²) in [6.07, 6.45) is 80.7. The van der Waals surface area contributed by atoms with Gasteiger partial charge in [-0.2, -0.15) is 0 Å². The third kappa shape index (κ3) is 83.8. The molecule has 0 rings (SSSR count). The van der Waals surface area contributed by atoms with Gasteiger partial charge in [0.05, 0.1) is 26.4 Å². The normalized spacial score (nSPS) is 13.6. The lowest BCUT2D eigenvalue weighted by atomic mass is 10.0. The molecular weight excluding hydrogens is 1410 g/mol. The van der Waals surface area contributed by atoms with Crippen molar-refractivity contribution in [3.8, 4) is 0 Å². The second-order valence-corrected chi connectivity index (χ2v) is 35.3. The number of aliphatic hydroxyl groups excluding tert-OH is 1. The highest BCUT2D eigenvalue weighted by molar-refractivity contribution is 7.47. The van der Waals surface area contributed by atoms with Crippen molar-refractivity contribution < 1.29 is 80.2 Å². The molecule has 19 heteroatoms. The van der Waals surface area contributed by atoms with E-state index in [2.05, 4.69) is 27.7 Å². The third-order valence-electron chi connectivity index (χ3n) is 21.4. The van der Waals surface area contributed by atoms with Crippen LogP contribution in [0, 0.1) is 0 Å². The number of carbonyl (C=O) groups excluding carboxylic acids is 4. The standard InChI is InChI=1S/C90H176O17P2/c1-5-9-13-17-21-25-29-32-35-38-41-43-45-48-51-54-57-61-65-69-73-77-90(95)107-86(81-101-88(93)75-71-67-63-59-55-52-49-47-44-42-39-36-33-30-26-22-18-14-10-6-2)83-105-109(98,99)103-79-84(91)78-102-108(96,97)104-82-85(80-100-87(92)74-70-66-62-58-28-24-20-16-12-8-4)106-89(94)76-72-68-64-60-56-53-50-46-40-37-34-31-27-23-19-15-11-7-3/h84-86,91H,5-83H2,1-4H3,(H,96,97)(H,98,99)/t84-,85+,86+/m0/s1. The van der Waals surface area contributed by atoms with Crippen molar-refractivity contribution in [1.82, 2.24) is 0 Å². The van der Waals surface area contributed by atoms with E-state index in [4.69, 9.17) is 37.0 Å². The van der Waals surface area contributed by atoms with Gasteiger partial charge in [0.2, 0.25) is 0 Å². The molecule has 0 aromatic heterocycles. The number of unbranched alkanes of at least 4 members (excludes halogenated alkanes) is 65. The fourth-order valence-corrected chi connectivity index (χ4v) is 15.8. The largest absolute Gasteiger partial charge is 0.472 e. The number of hydrogen-bond acceptors (Lipinski definition) is 15. The Labute approximate surface area is 670 Å². The lowest BCUT2D eigenvalue weighted by Gasteiger charge is -2.21. The summed E-state index contributed by atoms with van der Waals surface area (Å²) in [6, 6.07) is 0. The zero-order chi connectivity index (χ0) is 79.6. The van der Waals surface area contributed by atoms with E-state index >= 15 is 0 Å². The molecule has 0 amide bonds. The number of carbonyl (C=O) groups is 4. The third-order valence-corrected chi connectivity index (χ3v) is 23.3. The van der Waals surface area contributed by atoms with Gasteiger partial charge >= 0.3 is 39.5 Å². The van der Waals surface area contributed by atoms with Crippen molar-refractivity contribution >= 4 is 39.5 Å². The van der Waals surface area contributed by atoms with Gasteiger partial charge in [-0.25, -0.2) is 9.13 Å². The Kier molecular flexibility index (Phi) is 82.5. The molecule has 0 bridgehead atoms. The molecule has 17 nitrogen and oxygen atoms in total. The molecule has 0 aliphatic heterocycles. The maximum absolute atomic E-state index is 13.2. The van der Waals surface area contributed by atoms with Crippen molar-refractivity contribution in [3.05, 3.63) is 0 Å². The molecule has 0 aromatic rings. The van der Waals surface area contributed by atoms with Crippen LogP contribution in [0.5, 0.6) is 0 Å². The first-order chi connectivity index (χ1) is 53.2. The van der Waals surface area contributed by atoms with Gasteiger partial charge in [0, 0.05) is 25.7 Å². The Bertz CT molecular complexity index is 2050. The van der Waals surface area contributed by atoms with Crippen molar-refractivity contribution in [2.24, 2.45) is 0 Å². The first-order valence-corrected chi connectivity index (χ1v) is 49.8. The van der Waals surface area contributed by atoms with Gasteiger partial charge in [-0.3, -0.25) is 37.3 Å². The fourth-order valence-electron chi connectivity index (χ4n) is 14.2. The van der Waals surface area contributed by atoms with Crippen molar-refractivity contribution in [3.63, 3.8) is 0 Å². The summed E-state index contributed by atoms with van der Waals surface area (Å²) >= 11 is 0. The van der Waals surface area contributed by atoms with E-state index in [1.54, 1.807) is 0 Å². The van der Waals surface area contributed by atoms with Crippen LogP contribution in [0.15, 0.2) is 0 Å². The molecule has 0 saturated heterocycles. The maximum atomic E-state index is 13.2. The smallest absolute Gasteiger partial charge is 0.462 e. The van der Waals surface area contributed by atoms with Crippen molar-refractivity contribution in [2.45, 2.75) is 515 Å². The summed E-state index contributed by atoms with van der Waals surface area (Å²) in [5.41, 5.74) is 0. The summed E-state index contributed by atoms with van der Waals surface area (Å²) in [6.45, 7) is 5.07. The average molecular weight is 1590 g/mol. The Morgan fingerprint density at radius 2 is 0.367 bits per heavy atom. The molecule has 0 radical (unpaired) electrons. The van der Waals surface area contributed by atoms with Crippen LogP contribution in [-0.4, -0.2) is 96.7 Å². The molecule has 0 heterocycles. The van der Waals surface area contributed by atoms with Crippen LogP contribution < -0.4 is 0 Å². The van der Waals surface area contributed by atoms with Gasteiger partial charge in [-0.15, -0.1) is 0 Å². The Morgan fingerprint density at radius 3 is 0.541 bits per heavy atom. The summed E-state index contributed by atoms with van der Waals surface area (Å²) in [4.78, 5) is 73.3. The molecule has 0 aliphatic rings. The number of esters is 4. The van der Waals surface area contributed by atoms with Crippen LogP contribution in [0.4, 0.5) is 0 Å². The summed E-state index contributed by atoms with van der Waals surface area (Å²) in [5, 5.41) is 10.7. The molecule has 0 fully saturated rings. The van der Waals surface area contributed by atoms with E-state index in [9.17, 15) is 43.2 Å². The van der Waals surface area contributed by atoms with E-state index in [-0.39, 0.29) is 25.7 Å². The predicted octanol–water partition coefficient (Wildman–Crippen LogP) is 28.1. The van der Waals surface area contributed by atoms with E-state index in [1.165, 1.54) is 327 Å². The van der Waals surface area contributed by atoms with Crippen molar-refractivity contribution in [2.75, 3.05) is 39.6 Å². The zero-order valence-electron chi connectivity index (χ0n) is 71.5. The minimum Gasteiger partial charge on any atom is -0.462 e. The maximum Gasteiger partial charge on any atom is 0.472 e. The van der Waals surface area contributed by atoms with Gasteiger partial charge in [-0.1, -0.05) is 445 Å². The highest BCUT2D eigenvalue weighted by Crippen LogP contribution is 2.45. The minimum absolute atomic E-state index is 0.109. The van der Waals surface area contributed by atoms with E-state index < -0.39 is 97.5 Å². The molecule has 0 aliphatic carbocycles. The molecule has 0 spiro atoms. The molecule has 3 N–H and O–H groups in total. The van der Waals surface area contributed by atoms with E-state index in [0.29, 0.717) is 25.7 Å². The molecule has 109 heavy (non-hydrogen) atoms. The predicted molar refractivity (Wildman–Crippen MR) is 451 cm³/mol. The number of phosphoric ester groups is 2. The van der Waals surface area contributed by atoms with Crippen LogP contribution in [0.25, 0.3) is 0 Å². The first kappa shape index (κ1) is 107. The monoisotopic (exact) mass is 1590 g/mol. The highest BCUT2D eigenvalue weighted by Gasteiger charge is 2.30. The average Bonchev–Trinajstić information content (AvgIpc) is 0.898. The van der Waals surface area contributed by atoms with Crippen LogP contribution in [0.2, 0.25) is 0 Å². The van der Waals surface area contributed by atoms with Crippen molar-refractivity contribution in [1.29, 1.82) is 0 Å². The molecule has 0 saturated carbocycles. The second kappa shape index (κ2) is 84.0. The number of aliphatic hydroxyl groups is 1. The molecular formula is C90H176O17P2. The van der Waals surface area contributed by atoms with Gasteiger partial charge in [0.1, 0.15) is 19.3 Å². The molecule has 648 valence electrons. The Balaban J connectivity index is 5.21. The summed E-state index contributed by atoms with van der Waals surface area (Å²) in [7, 11) is -9.93. The molecule has 2 unspecified atom stereocenters. The number of ether oxygens (including phenoxy) is 4. The lowest BCUT2D eigenvalue weighted by molar-refractivity contribution is -0.161.